The second-order valence-corrected chi connectivity index (χ2v) is 8.17. The molecule has 31 heavy (non-hydrogen) atoms. The SMILES string of the molecule is O=C(NCC(=O)N1CCN(C(=O)C2CCCCC2)CC1)c1cc(-c2ccccc2)on1. The molecular formula is C23H28N4O4. The highest BCUT2D eigenvalue weighted by Crippen LogP contribution is 2.26. The molecule has 1 saturated carbocycles. The van der Waals surface area contributed by atoms with Crippen molar-refractivity contribution in [3.05, 3.63) is 42.1 Å². The van der Waals surface area contributed by atoms with Gasteiger partial charge in [-0.3, -0.25) is 14.4 Å². The fraction of sp³-hybridized carbons (Fsp3) is 0.478. The second-order valence-electron chi connectivity index (χ2n) is 8.17. The number of nitrogens with one attached hydrogen (secondary N) is 1. The molecule has 2 fully saturated rings. The Bertz CT molecular complexity index is 913. The highest BCUT2D eigenvalue weighted by atomic mass is 16.5. The first-order valence-corrected chi connectivity index (χ1v) is 11.0. The Labute approximate surface area is 181 Å². The third kappa shape index (κ3) is 5.13. The van der Waals surface area contributed by atoms with Gasteiger partial charge in [0.2, 0.25) is 11.8 Å². The lowest BCUT2D eigenvalue weighted by molar-refractivity contribution is -0.142. The maximum Gasteiger partial charge on any atom is 0.273 e. The molecule has 3 amide bonds. The van der Waals surface area contributed by atoms with Crippen LogP contribution in [-0.4, -0.2) is 65.4 Å². The second kappa shape index (κ2) is 9.76. The number of rotatable bonds is 5. The van der Waals surface area contributed by atoms with Crippen LogP contribution in [0.4, 0.5) is 0 Å². The van der Waals surface area contributed by atoms with E-state index in [-0.39, 0.29) is 30.0 Å². The van der Waals surface area contributed by atoms with Crippen molar-refractivity contribution in [1.82, 2.24) is 20.3 Å². The minimum atomic E-state index is -0.453. The Morgan fingerprint density at radius 2 is 1.65 bits per heavy atom. The Hall–Kier alpha value is -3.16. The Morgan fingerprint density at radius 1 is 0.968 bits per heavy atom. The van der Waals surface area contributed by atoms with E-state index in [0.29, 0.717) is 31.9 Å². The first kappa shape index (κ1) is 21.1. The van der Waals surface area contributed by atoms with Crippen LogP contribution < -0.4 is 5.32 Å². The molecule has 0 radical (unpaired) electrons. The minimum Gasteiger partial charge on any atom is -0.355 e. The van der Waals surface area contributed by atoms with Crippen molar-refractivity contribution < 1.29 is 18.9 Å². The standard InChI is InChI=1S/C23H28N4O4/c28-21(26-11-13-27(14-12-26)23(30)18-9-5-2-6-10-18)16-24-22(29)19-15-20(31-25-19)17-7-3-1-4-8-17/h1,3-4,7-8,15,18H,2,5-6,9-14,16H2,(H,24,29). The number of nitrogens with zero attached hydrogens (tertiary/aromatic N) is 3. The van der Waals surface area contributed by atoms with Gasteiger partial charge in [0, 0.05) is 43.7 Å². The lowest BCUT2D eigenvalue weighted by atomic mass is 9.88. The summed E-state index contributed by atoms with van der Waals surface area (Å²) < 4.78 is 5.24. The molecule has 0 bridgehead atoms. The summed E-state index contributed by atoms with van der Waals surface area (Å²) in [7, 11) is 0. The lowest BCUT2D eigenvalue weighted by Gasteiger charge is -2.37. The van der Waals surface area contributed by atoms with Gasteiger partial charge in [0.05, 0.1) is 6.54 Å². The van der Waals surface area contributed by atoms with Crippen LogP contribution >= 0.6 is 0 Å². The first-order valence-electron chi connectivity index (χ1n) is 11.0. The van der Waals surface area contributed by atoms with Gasteiger partial charge < -0.3 is 19.6 Å². The Kier molecular flexibility index (Phi) is 6.64. The highest BCUT2D eigenvalue weighted by molar-refractivity contribution is 5.95. The number of hydrogen-bond acceptors (Lipinski definition) is 5. The van der Waals surface area contributed by atoms with E-state index in [1.807, 2.05) is 35.2 Å². The fourth-order valence-corrected chi connectivity index (χ4v) is 4.26. The minimum absolute atomic E-state index is 0.108. The van der Waals surface area contributed by atoms with Gasteiger partial charge in [0.25, 0.3) is 5.91 Å². The summed E-state index contributed by atoms with van der Waals surface area (Å²) in [4.78, 5) is 41.1. The highest BCUT2D eigenvalue weighted by Gasteiger charge is 2.29. The van der Waals surface area contributed by atoms with Crippen LogP contribution in [0.15, 0.2) is 40.9 Å². The summed E-state index contributed by atoms with van der Waals surface area (Å²) in [5.41, 5.74) is 0.959. The summed E-state index contributed by atoms with van der Waals surface area (Å²) >= 11 is 0. The summed E-state index contributed by atoms with van der Waals surface area (Å²) in [5.74, 6) is 0.269. The van der Waals surface area contributed by atoms with Crippen molar-refractivity contribution in [3.63, 3.8) is 0 Å². The van der Waals surface area contributed by atoms with Crippen LogP contribution in [0, 0.1) is 5.92 Å². The monoisotopic (exact) mass is 424 g/mol. The van der Waals surface area contributed by atoms with E-state index < -0.39 is 5.91 Å². The summed E-state index contributed by atoms with van der Waals surface area (Å²) in [6.07, 6.45) is 5.45. The maximum absolute atomic E-state index is 12.7. The van der Waals surface area contributed by atoms with Crippen molar-refractivity contribution in [2.24, 2.45) is 5.92 Å². The van der Waals surface area contributed by atoms with Gasteiger partial charge in [-0.2, -0.15) is 0 Å². The molecule has 1 aromatic carbocycles. The number of carbonyl (C=O) groups is 3. The molecular weight excluding hydrogens is 396 g/mol. The number of aromatic nitrogens is 1. The van der Waals surface area contributed by atoms with Gasteiger partial charge in [-0.05, 0) is 12.8 Å². The molecule has 1 saturated heterocycles. The van der Waals surface area contributed by atoms with Crippen molar-refractivity contribution in [3.8, 4) is 11.3 Å². The zero-order valence-corrected chi connectivity index (χ0v) is 17.6. The van der Waals surface area contributed by atoms with Gasteiger partial charge in [-0.15, -0.1) is 0 Å². The van der Waals surface area contributed by atoms with Crippen LogP contribution in [0.5, 0.6) is 0 Å². The molecule has 2 heterocycles. The van der Waals surface area contributed by atoms with E-state index in [1.54, 1.807) is 11.0 Å². The van der Waals surface area contributed by atoms with Crippen molar-refractivity contribution in [2.45, 2.75) is 32.1 Å². The average Bonchev–Trinajstić information content (AvgIpc) is 3.34. The maximum atomic E-state index is 12.7. The zero-order valence-electron chi connectivity index (χ0n) is 17.6. The molecule has 164 valence electrons. The van der Waals surface area contributed by atoms with Crippen LogP contribution in [-0.2, 0) is 9.59 Å². The molecule has 4 rings (SSSR count). The van der Waals surface area contributed by atoms with Gasteiger partial charge in [0.1, 0.15) is 0 Å². The molecule has 0 atom stereocenters. The number of amides is 3. The molecule has 8 nitrogen and oxygen atoms in total. The zero-order chi connectivity index (χ0) is 21.6. The first-order chi connectivity index (χ1) is 15.1. The Balaban J connectivity index is 1.23. The normalized spacial score (nSPS) is 17.4. The lowest BCUT2D eigenvalue weighted by Crippen LogP contribution is -2.53. The molecule has 0 unspecified atom stereocenters. The van der Waals surface area contributed by atoms with Crippen molar-refractivity contribution in [1.29, 1.82) is 0 Å². The largest absolute Gasteiger partial charge is 0.355 e. The molecule has 2 aromatic rings. The molecule has 1 N–H and O–H groups in total. The summed E-state index contributed by atoms with van der Waals surface area (Å²) in [6, 6.07) is 10.9. The van der Waals surface area contributed by atoms with Gasteiger partial charge >= 0.3 is 0 Å². The molecule has 8 heteroatoms. The number of piperazine rings is 1. The molecule has 1 aliphatic carbocycles. The fourth-order valence-electron chi connectivity index (χ4n) is 4.26. The molecule has 0 spiro atoms. The van der Waals surface area contributed by atoms with Gasteiger partial charge in [-0.1, -0.05) is 54.8 Å². The summed E-state index contributed by atoms with van der Waals surface area (Å²) in [5, 5.41) is 6.41. The van der Waals surface area contributed by atoms with Crippen molar-refractivity contribution >= 4 is 17.7 Å². The van der Waals surface area contributed by atoms with Crippen LogP contribution in [0.1, 0.15) is 42.6 Å². The number of hydrogen-bond donors (Lipinski definition) is 1. The van der Waals surface area contributed by atoms with E-state index in [2.05, 4.69) is 10.5 Å². The van der Waals surface area contributed by atoms with Gasteiger partial charge in [0.15, 0.2) is 11.5 Å². The van der Waals surface area contributed by atoms with Crippen LogP contribution in [0.3, 0.4) is 0 Å². The van der Waals surface area contributed by atoms with E-state index >= 15 is 0 Å². The number of benzene rings is 1. The van der Waals surface area contributed by atoms with E-state index in [9.17, 15) is 14.4 Å². The van der Waals surface area contributed by atoms with Crippen LogP contribution in [0.2, 0.25) is 0 Å². The molecule has 1 aromatic heterocycles. The smallest absolute Gasteiger partial charge is 0.273 e. The van der Waals surface area contributed by atoms with Crippen molar-refractivity contribution in [2.75, 3.05) is 32.7 Å². The Morgan fingerprint density at radius 3 is 2.35 bits per heavy atom. The van der Waals surface area contributed by atoms with E-state index in [4.69, 9.17) is 4.52 Å². The summed E-state index contributed by atoms with van der Waals surface area (Å²) in [6.45, 7) is 1.99. The quantitative estimate of drug-likeness (QED) is 0.795. The van der Waals surface area contributed by atoms with E-state index in [1.165, 1.54) is 6.42 Å². The average molecular weight is 425 g/mol. The third-order valence-corrected chi connectivity index (χ3v) is 6.10. The predicted molar refractivity (Wildman–Crippen MR) is 114 cm³/mol. The third-order valence-electron chi connectivity index (χ3n) is 6.10. The number of carbonyl (C=O) groups excluding carboxylic acids is 3. The topological polar surface area (TPSA) is 95.8 Å². The van der Waals surface area contributed by atoms with Gasteiger partial charge in [-0.25, -0.2) is 0 Å². The van der Waals surface area contributed by atoms with E-state index in [0.717, 1.165) is 31.2 Å². The molecule has 1 aliphatic heterocycles. The van der Waals surface area contributed by atoms with Crippen LogP contribution in [0.25, 0.3) is 11.3 Å². The molecule has 2 aliphatic rings. The predicted octanol–water partition coefficient (Wildman–Crippen LogP) is 2.32.